The summed E-state index contributed by atoms with van der Waals surface area (Å²) in [5.41, 5.74) is 0.581. The van der Waals surface area contributed by atoms with Crippen LogP contribution in [0.3, 0.4) is 0 Å². The summed E-state index contributed by atoms with van der Waals surface area (Å²) in [5, 5.41) is 0.507. The van der Waals surface area contributed by atoms with Crippen molar-refractivity contribution in [3.63, 3.8) is 0 Å². The lowest BCUT2D eigenvalue weighted by Gasteiger charge is -2.19. The van der Waals surface area contributed by atoms with E-state index in [0.29, 0.717) is 10.7 Å². The van der Waals surface area contributed by atoms with E-state index < -0.39 is 0 Å². The first-order valence-corrected chi connectivity index (χ1v) is 7.59. The lowest BCUT2D eigenvalue weighted by Crippen LogP contribution is -2.30. The molecule has 2 amide bonds. The third kappa shape index (κ3) is 2.11. The summed E-state index contributed by atoms with van der Waals surface area (Å²) in [6, 6.07) is 5.18. The predicted octanol–water partition coefficient (Wildman–Crippen LogP) is 3.78. The summed E-state index contributed by atoms with van der Waals surface area (Å²) in [6.45, 7) is 0. The van der Waals surface area contributed by atoms with E-state index in [1.807, 2.05) is 0 Å². The first-order valence-electron chi connectivity index (χ1n) is 6.42. The molecule has 3 nitrogen and oxygen atoms in total. The Kier molecular flexibility index (Phi) is 3.39. The maximum atomic E-state index is 12.4. The number of nitrogens with zero attached hydrogens (tertiary/aromatic N) is 1. The number of anilines is 1. The molecule has 1 heterocycles. The van der Waals surface area contributed by atoms with Crippen molar-refractivity contribution in [2.45, 2.75) is 25.7 Å². The van der Waals surface area contributed by atoms with Crippen molar-refractivity contribution < 1.29 is 9.59 Å². The van der Waals surface area contributed by atoms with Crippen LogP contribution in [0.25, 0.3) is 0 Å². The Hall–Kier alpha value is -0.870. The SMILES string of the molecule is O=C1[C@H]2CCCC[C@H]2C(=O)N1c1ccc(Br)c(Cl)c1. The van der Waals surface area contributed by atoms with Crippen molar-refractivity contribution in [2.75, 3.05) is 4.90 Å². The molecule has 0 unspecified atom stereocenters. The molecule has 19 heavy (non-hydrogen) atoms. The normalized spacial score (nSPS) is 26.7. The largest absolute Gasteiger partial charge is 0.274 e. The molecule has 1 aromatic rings. The zero-order valence-electron chi connectivity index (χ0n) is 10.2. The monoisotopic (exact) mass is 341 g/mol. The second kappa shape index (κ2) is 4.91. The Morgan fingerprint density at radius 1 is 1.11 bits per heavy atom. The van der Waals surface area contributed by atoms with E-state index >= 15 is 0 Å². The molecule has 2 atom stereocenters. The van der Waals surface area contributed by atoms with E-state index in [1.54, 1.807) is 18.2 Å². The van der Waals surface area contributed by atoms with Gasteiger partial charge in [-0.3, -0.25) is 14.5 Å². The third-order valence-electron chi connectivity index (χ3n) is 4.00. The van der Waals surface area contributed by atoms with Gasteiger partial charge >= 0.3 is 0 Å². The van der Waals surface area contributed by atoms with Gasteiger partial charge in [0, 0.05) is 4.47 Å². The van der Waals surface area contributed by atoms with Gasteiger partial charge in [-0.1, -0.05) is 24.4 Å². The highest BCUT2D eigenvalue weighted by Crippen LogP contribution is 2.40. The molecule has 0 spiro atoms. The summed E-state index contributed by atoms with van der Waals surface area (Å²) < 4.78 is 0.759. The average molecular weight is 343 g/mol. The number of carbonyl (C=O) groups excluding carboxylic acids is 2. The van der Waals surface area contributed by atoms with Gasteiger partial charge in [-0.05, 0) is 47.0 Å². The number of halogens is 2. The topological polar surface area (TPSA) is 37.4 Å². The van der Waals surface area contributed by atoms with Gasteiger partial charge in [-0.25, -0.2) is 0 Å². The summed E-state index contributed by atoms with van der Waals surface area (Å²) in [4.78, 5) is 26.1. The van der Waals surface area contributed by atoms with Crippen LogP contribution in [-0.2, 0) is 9.59 Å². The van der Waals surface area contributed by atoms with Gasteiger partial charge in [0.1, 0.15) is 0 Å². The quantitative estimate of drug-likeness (QED) is 0.728. The Balaban J connectivity index is 1.98. The molecule has 3 rings (SSSR count). The highest BCUT2D eigenvalue weighted by atomic mass is 79.9. The first kappa shape index (κ1) is 13.1. The molecule has 1 saturated heterocycles. The van der Waals surface area contributed by atoms with Crippen LogP contribution in [0.1, 0.15) is 25.7 Å². The highest BCUT2D eigenvalue weighted by molar-refractivity contribution is 9.10. The fraction of sp³-hybridized carbons (Fsp3) is 0.429. The molecule has 1 aromatic carbocycles. The minimum absolute atomic E-state index is 0.0620. The fourth-order valence-corrected chi connectivity index (χ4v) is 3.46. The minimum Gasteiger partial charge on any atom is -0.274 e. The van der Waals surface area contributed by atoms with E-state index in [2.05, 4.69) is 15.9 Å². The smallest absolute Gasteiger partial charge is 0.237 e. The molecule has 2 aliphatic rings. The third-order valence-corrected chi connectivity index (χ3v) is 5.23. The van der Waals surface area contributed by atoms with E-state index in [-0.39, 0.29) is 23.7 Å². The summed E-state index contributed by atoms with van der Waals surface area (Å²) in [6.07, 6.45) is 3.73. The van der Waals surface area contributed by atoms with Gasteiger partial charge in [0.05, 0.1) is 22.5 Å². The summed E-state index contributed by atoms with van der Waals surface area (Å²) >= 11 is 9.35. The molecule has 100 valence electrons. The number of fused-ring (bicyclic) bond motifs is 1. The molecule has 0 radical (unpaired) electrons. The molecule has 1 aliphatic carbocycles. The maximum Gasteiger partial charge on any atom is 0.237 e. The number of amides is 2. The Labute approximate surface area is 125 Å². The van der Waals surface area contributed by atoms with Crippen LogP contribution >= 0.6 is 27.5 Å². The molecular formula is C14H13BrClNO2. The zero-order chi connectivity index (χ0) is 13.6. The average Bonchev–Trinajstić information content (AvgIpc) is 2.66. The number of imide groups is 1. The molecule has 0 aromatic heterocycles. The molecule has 1 aliphatic heterocycles. The standard InChI is InChI=1S/C14H13BrClNO2/c15-11-6-5-8(7-12(11)16)17-13(18)9-3-1-2-4-10(9)14(17)19/h5-7,9-10H,1-4H2/t9-,10+. The fourth-order valence-electron chi connectivity index (χ4n) is 3.04. The lowest BCUT2D eigenvalue weighted by molar-refractivity contribution is -0.122. The van der Waals surface area contributed by atoms with Gasteiger partial charge in [-0.2, -0.15) is 0 Å². The highest BCUT2D eigenvalue weighted by Gasteiger charge is 2.48. The number of hydrogen-bond donors (Lipinski definition) is 0. The van der Waals surface area contributed by atoms with E-state index in [0.717, 1.165) is 30.2 Å². The summed E-state index contributed by atoms with van der Waals surface area (Å²) in [5.74, 6) is -0.367. The number of benzene rings is 1. The van der Waals surface area contributed by atoms with Gasteiger partial charge in [0.15, 0.2) is 0 Å². The number of rotatable bonds is 1. The van der Waals surface area contributed by atoms with Crippen LogP contribution in [0.5, 0.6) is 0 Å². The maximum absolute atomic E-state index is 12.4. The molecule has 0 bridgehead atoms. The second-order valence-corrected chi connectivity index (χ2v) is 6.37. The van der Waals surface area contributed by atoms with Crippen molar-refractivity contribution in [3.05, 3.63) is 27.7 Å². The molecule has 5 heteroatoms. The van der Waals surface area contributed by atoms with Crippen LogP contribution in [0.4, 0.5) is 5.69 Å². The van der Waals surface area contributed by atoms with Crippen molar-refractivity contribution in [3.8, 4) is 0 Å². The second-order valence-electron chi connectivity index (χ2n) is 5.11. The lowest BCUT2D eigenvalue weighted by atomic mass is 9.81. The van der Waals surface area contributed by atoms with Gasteiger partial charge in [0.2, 0.25) is 11.8 Å². The van der Waals surface area contributed by atoms with Crippen LogP contribution in [0.2, 0.25) is 5.02 Å². The van der Waals surface area contributed by atoms with Crippen LogP contribution in [-0.4, -0.2) is 11.8 Å². The van der Waals surface area contributed by atoms with Crippen LogP contribution < -0.4 is 4.90 Å². The molecule has 1 saturated carbocycles. The Morgan fingerprint density at radius 3 is 2.21 bits per heavy atom. The van der Waals surface area contributed by atoms with Crippen molar-refractivity contribution in [2.24, 2.45) is 11.8 Å². The van der Waals surface area contributed by atoms with Gasteiger partial charge in [0.25, 0.3) is 0 Å². The molecular weight excluding hydrogens is 330 g/mol. The van der Waals surface area contributed by atoms with Crippen LogP contribution in [0.15, 0.2) is 22.7 Å². The molecule has 2 fully saturated rings. The zero-order valence-corrected chi connectivity index (χ0v) is 12.6. The van der Waals surface area contributed by atoms with Crippen LogP contribution in [0, 0.1) is 11.8 Å². The van der Waals surface area contributed by atoms with Crippen molar-refractivity contribution in [1.29, 1.82) is 0 Å². The van der Waals surface area contributed by atoms with E-state index in [9.17, 15) is 9.59 Å². The van der Waals surface area contributed by atoms with E-state index in [4.69, 9.17) is 11.6 Å². The van der Waals surface area contributed by atoms with Crippen molar-refractivity contribution >= 4 is 45.0 Å². The van der Waals surface area contributed by atoms with E-state index in [1.165, 1.54) is 4.90 Å². The van der Waals surface area contributed by atoms with Crippen molar-refractivity contribution in [1.82, 2.24) is 0 Å². The minimum atomic E-state index is -0.122. The van der Waals surface area contributed by atoms with Gasteiger partial charge in [-0.15, -0.1) is 0 Å². The first-order chi connectivity index (χ1) is 9.09. The number of hydrogen-bond acceptors (Lipinski definition) is 2. The van der Waals surface area contributed by atoms with Gasteiger partial charge < -0.3 is 0 Å². The summed E-state index contributed by atoms with van der Waals surface area (Å²) in [7, 11) is 0. The Morgan fingerprint density at radius 2 is 1.68 bits per heavy atom. The number of carbonyl (C=O) groups is 2. The Bertz CT molecular complexity index is 536. The molecule has 0 N–H and O–H groups in total. The predicted molar refractivity (Wildman–Crippen MR) is 77.1 cm³/mol.